The topological polar surface area (TPSA) is 181 Å². The van der Waals surface area contributed by atoms with E-state index in [0.717, 1.165) is 19.6 Å². The molecule has 1 atom stereocenters. The molecule has 0 spiro atoms. The molecule has 0 aliphatic carbocycles. The number of amides is 4. The van der Waals surface area contributed by atoms with Crippen molar-refractivity contribution in [3.63, 3.8) is 0 Å². The molecule has 2 aromatic carbocycles. The van der Waals surface area contributed by atoms with Gasteiger partial charge in [0, 0.05) is 55.0 Å². The van der Waals surface area contributed by atoms with E-state index in [9.17, 15) is 33.2 Å². The summed E-state index contributed by atoms with van der Waals surface area (Å²) >= 11 is 0. The van der Waals surface area contributed by atoms with Crippen LogP contribution in [0, 0.1) is 19.7 Å². The Morgan fingerprint density at radius 1 is 1.04 bits per heavy atom. The lowest BCUT2D eigenvalue weighted by Gasteiger charge is -2.19. The third kappa shape index (κ3) is 9.78. The second kappa shape index (κ2) is 18.0. The Kier molecular flexibility index (Phi) is 13.6. The molecule has 0 saturated heterocycles. The molecule has 52 heavy (non-hydrogen) atoms. The predicted octanol–water partition coefficient (Wildman–Crippen LogP) is 4.20. The Morgan fingerprint density at radius 2 is 1.75 bits per heavy atom. The van der Waals surface area contributed by atoms with E-state index in [1.165, 1.54) is 17.0 Å². The summed E-state index contributed by atoms with van der Waals surface area (Å²) in [7, 11) is 0. The van der Waals surface area contributed by atoms with Crippen LogP contribution in [0.25, 0.3) is 11.6 Å². The largest absolute Gasteiger partial charge is 0.481 e. The first-order chi connectivity index (χ1) is 24.9. The number of likely N-dealkylation sites (N-methyl/N-ethyl adjacent to an activating group) is 1. The smallest absolute Gasteiger partial charge is 0.303 e. The van der Waals surface area contributed by atoms with E-state index in [0.29, 0.717) is 57.8 Å². The van der Waals surface area contributed by atoms with Crippen molar-refractivity contribution in [2.45, 2.75) is 66.0 Å². The number of carbonyl (C=O) groups excluding carboxylic acids is 5. The van der Waals surface area contributed by atoms with Crippen LogP contribution >= 0.6 is 0 Å². The zero-order chi connectivity index (χ0) is 37.9. The number of carboxylic acids is 1. The minimum atomic E-state index is -1.13. The molecule has 1 aliphatic rings. The number of nitrogens with zero attached hydrogens (tertiary/aromatic N) is 2. The summed E-state index contributed by atoms with van der Waals surface area (Å²) in [4.78, 5) is 80.8. The van der Waals surface area contributed by atoms with Crippen LogP contribution in [0.5, 0.6) is 0 Å². The summed E-state index contributed by atoms with van der Waals surface area (Å²) in [6.07, 6.45) is 1.57. The van der Waals surface area contributed by atoms with E-state index in [4.69, 9.17) is 5.11 Å². The normalized spacial score (nSPS) is 13.6. The first kappa shape index (κ1) is 39.2. The number of benzene rings is 2. The SMILES string of the molecule is CCN(CC)CCNC(=O)c1c(C)[nH]c(/C=C2\C(=O)N(Cc3ccc(NC(=O)[C@H](CCC(=O)O)NC(=O)CCC=O)cc3)c3ccc(F)cc32)c1C. The molecule has 4 rings (SSSR count). The van der Waals surface area contributed by atoms with Gasteiger partial charge >= 0.3 is 5.97 Å². The summed E-state index contributed by atoms with van der Waals surface area (Å²) in [6, 6.07) is 9.62. The molecule has 0 bridgehead atoms. The fourth-order valence-electron chi connectivity index (χ4n) is 6.08. The lowest BCUT2D eigenvalue weighted by molar-refractivity contribution is -0.137. The maximum absolute atomic E-state index is 14.5. The van der Waals surface area contributed by atoms with Gasteiger partial charge in [-0.05, 0) is 80.9 Å². The lowest BCUT2D eigenvalue weighted by atomic mass is 10.0. The standard InChI is InChI=1S/C38H45FN6O7/c1-5-44(6-2)18-17-40-37(51)35-23(3)31(41-24(35)4)21-29-28-20-26(39)11-15-32(28)45(38(29)52)22-25-9-12-27(13-10-25)42-36(50)30(14-16-34(48)49)43-33(47)8-7-19-46/h9-13,15,19-21,30,41H,5-8,14,16-18,22H2,1-4H3,(H,40,51)(H,42,50)(H,43,47)(H,48,49)/b29-21-/t30-/m0/s1. The van der Waals surface area contributed by atoms with Crippen molar-refractivity contribution < 1.29 is 38.3 Å². The molecule has 13 nitrogen and oxygen atoms in total. The Morgan fingerprint density at radius 3 is 2.40 bits per heavy atom. The molecule has 14 heteroatoms. The zero-order valence-electron chi connectivity index (χ0n) is 29.8. The van der Waals surface area contributed by atoms with Gasteiger partial charge in [0.25, 0.3) is 11.8 Å². The molecule has 5 N–H and O–H groups in total. The summed E-state index contributed by atoms with van der Waals surface area (Å²) in [6.45, 7) is 10.8. The Labute approximate surface area is 301 Å². The van der Waals surface area contributed by atoms with Crippen molar-refractivity contribution in [3.8, 4) is 0 Å². The lowest BCUT2D eigenvalue weighted by Crippen LogP contribution is -2.44. The maximum Gasteiger partial charge on any atom is 0.303 e. The number of nitrogens with one attached hydrogen (secondary N) is 4. The van der Waals surface area contributed by atoms with Gasteiger partial charge in [-0.3, -0.25) is 24.0 Å². The maximum atomic E-state index is 14.5. The molecule has 1 aromatic heterocycles. The number of aldehydes is 1. The highest BCUT2D eigenvalue weighted by Gasteiger charge is 2.33. The van der Waals surface area contributed by atoms with E-state index in [1.54, 1.807) is 50.3 Å². The van der Waals surface area contributed by atoms with Crippen molar-refractivity contribution in [1.82, 2.24) is 20.5 Å². The van der Waals surface area contributed by atoms with Gasteiger partial charge in [0.05, 0.1) is 23.4 Å². The number of anilines is 2. The second-order valence-electron chi connectivity index (χ2n) is 12.5. The number of hydrogen-bond acceptors (Lipinski definition) is 7. The minimum Gasteiger partial charge on any atom is -0.481 e. The number of carbonyl (C=O) groups is 6. The number of rotatable bonds is 18. The van der Waals surface area contributed by atoms with E-state index in [1.807, 2.05) is 0 Å². The van der Waals surface area contributed by atoms with Crippen molar-refractivity contribution in [3.05, 3.63) is 81.9 Å². The third-order valence-electron chi connectivity index (χ3n) is 8.97. The number of fused-ring (bicyclic) bond motifs is 1. The van der Waals surface area contributed by atoms with Crippen molar-refractivity contribution in [2.24, 2.45) is 0 Å². The van der Waals surface area contributed by atoms with E-state index in [-0.39, 0.29) is 49.6 Å². The van der Waals surface area contributed by atoms with Crippen LogP contribution < -0.4 is 20.9 Å². The number of carboxylic acid groups (broad SMARTS) is 1. The van der Waals surface area contributed by atoms with Gasteiger partial charge in [0.15, 0.2) is 0 Å². The van der Waals surface area contributed by atoms with Crippen molar-refractivity contribution >= 4 is 58.9 Å². The van der Waals surface area contributed by atoms with Crippen LogP contribution in [-0.2, 0) is 30.5 Å². The van der Waals surface area contributed by atoms with Crippen LogP contribution in [-0.4, -0.2) is 83.1 Å². The fourth-order valence-corrected chi connectivity index (χ4v) is 6.08. The molecule has 4 amide bonds. The number of H-pyrrole nitrogens is 1. The molecular weight excluding hydrogens is 671 g/mol. The highest BCUT2D eigenvalue weighted by molar-refractivity contribution is 6.35. The molecule has 0 radical (unpaired) electrons. The third-order valence-corrected chi connectivity index (χ3v) is 8.97. The predicted molar refractivity (Wildman–Crippen MR) is 195 cm³/mol. The molecule has 2 heterocycles. The van der Waals surface area contributed by atoms with Gasteiger partial charge in [0.2, 0.25) is 11.8 Å². The van der Waals surface area contributed by atoms with Gasteiger partial charge in [-0.1, -0.05) is 26.0 Å². The van der Waals surface area contributed by atoms with Crippen LogP contribution in [0.1, 0.15) is 78.0 Å². The Bertz CT molecular complexity index is 1850. The summed E-state index contributed by atoms with van der Waals surface area (Å²) in [5.41, 5.74) is 4.62. The van der Waals surface area contributed by atoms with Gasteiger partial charge in [0.1, 0.15) is 18.1 Å². The molecule has 0 saturated carbocycles. The molecule has 276 valence electrons. The number of halogens is 1. The number of aromatic nitrogens is 1. The molecule has 1 aliphatic heterocycles. The fraction of sp³-hybridized carbons (Fsp3) is 0.368. The van der Waals surface area contributed by atoms with Crippen molar-refractivity contribution in [1.29, 1.82) is 0 Å². The zero-order valence-corrected chi connectivity index (χ0v) is 29.8. The Balaban J connectivity index is 1.50. The van der Waals surface area contributed by atoms with Gasteiger partial charge in [-0.2, -0.15) is 0 Å². The van der Waals surface area contributed by atoms with E-state index < -0.39 is 29.6 Å². The monoisotopic (exact) mass is 716 g/mol. The molecule has 3 aromatic rings. The van der Waals surface area contributed by atoms with Crippen LogP contribution in [0.2, 0.25) is 0 Å². The van der Waals surface area contributed by atoms with Crippen LogP contribution in [0.4, 0.5) is 15.8 Å². The Hall–Kier alpha value is -5.63. The number of aliphatic carboxylic acids is 1. The van der Waals surface area contributed by atoms with E-state index >= 15 is 0 Å². The summed E-state index contributed by atoms with van der Waals surface area (Å²) in [5, 5.41) is 17.2. The minimum absolute atomic E-state index is 0.0284. The summed E-state index contributed by atoms with van der Waals surface area (Å²) < 4.78 is 14.5. The highest BCUT2D eigenvalue weighted by atomic mass is 19.1. The first-order valence-electron chi connectivity index (χ1n) is 17.2. The molecule has 0 unspecified atom stereocenters. The first-order valence-corrected chi connectivity index (χ1v) is 17.2. The number of hydrogen-bond donors (Lipinski definition) is 5. The van der Waals surface area contributed by atoms with Crippen LogP contribution in [0.15, 0.2) is 42.5 Å². The van der Waals surface area contributed by atoms with Gasteiger partial charge < -0.3 is 40.6 Å². The summed E-state index contributed by atoms with van der Waals surface area (Å²) in [5.74, 6) is -3.39. The molecular formula is C38H45FN6O7. The van der Waals surface area contributed by atoms with Gasteiger partial charge in [-0.15, -0.1) is 0 Å². The molecule has 0 fully saturated rings. The van der Waals surface area contributed by atoms with Crippen LogP contribution in [0.3, 0.4) is 0 Å². The van der Waals surface area contributed by atoms with Crippen molar-refractivity contribution in [2.75, 3.05) is 36.4 Å². The number of aromatic amines is 1. The number of aryl methyl sites for hydroxylation is 1. The average molecular weight is 717 g/mol. The van der Waals surface area contributed by atoms with E-state index in [2.05, 4.69) is 39.7 Å². The highest BCUT2D eigenvalue weighted by Crippen LogP contribution is 2.39. The average Bonchev–Trinajstić information content (AvgIpc) is 3.54. The van der Waals surface area contributed by atoms with Gasteiger partial charge in [-0.25, -0.2) is 4.39 Å². The quantitative estimate of drug-likeness (QED) is 0.0960. The second-order valence-corrected chi connectivity index (χ2v) is 12.5.